The molecule has 52 valence electrons. The van der Waals surface area contributed by atoms with Crippen LogP contribution in [0.5, 0.6) is 0 Å². The predicted molar refractivity (Wildman–Crippen MR) is 39.9 cm³/mol. The standard InChI is InChI=1S/C7H11BrO/c8-5-7-4-2-1-3-6(7)9-7/h6H,1-5H2. The van der Waals surface area contributed by atoms with Crippen LogP contribution < -0.4 is 0 Å². The molecule has 1 saturated heterocycles. The summed E-state index contributed by atoms with van der Waals surface area (Å²) in [4.78, 5) is 0. The van der Waals surface area contributed by atoms with Gasteiger partial charge in [0, 0.05) is 5.33 Å². The highest BCUT2D eigenvalue weighted by molar-refractivity contribution is 9.09. The minimum absolute atomic E-state index is 0.304. The summed E-state index contributed by atoms with van der Waals surface area (Å²) in [7, 11) is 0. The molecule has 2 heteroatoms. The maximum atomic E-state index is 5.57. The summed E-state index contributed by atoms with van der Waals surface area (Å²) in [6.07, 6.45) is 5.93. The normalized spacial score (nSPS) is 48.3. The van der Waals surface area contributed by atoms with Crippen LogP contribution >= 0.6 is 15.9 Å². The molecule has 0 spiro atoms. The number of hydrogen-bond acceptors (Lipinski definition) is 1. The largest absolute Gasteiger partial charge is 0.365 e. The van der Waals surface area contributed by atoms with Crippen molar-refractivity contribution >= 4 is 15.9 Å². The Morgan fingerprint density at radius 3 is 3.00 bits per heavy atom. The molecule has 0 aromatic carbocycles. The second-order valence-corrected chi connectivity index (χ2v) is 3.61. The molecular weight excluding hydrogens is 180 g/mol. The molecule has 0 radical (unpaired) electrons. The van der Waals surface area contributed by atoms with Crippen molar-refractivity contribution < 1.29 is 4.74 Å². The predicted octanol–water partition coefficient (Wildman–Crippen LogP) is 2.09. The third-order valence-electron chi connectivity index (χ3n) is 2.45. The second-order valence-electron chi connectivity index (χ2n) is 3.05. The smallest absolute Gasteiger partial charge is 0.104 e. The van der Waals surface area contributed by atoms with Gasteiger partial charge in [-0.1, -0.05) is 28.8 Å². The Labute approximate surface area is 63.9 Å². The average molecular weight is 191 g/mol. The molecule has 2 atom stereocenters. The van der Waals surface area contributed by atoms with Crippen LogP contribution in [0, 0.1) is 0 Å². The SMILES string of the molecule is BrCC12CCCCC1O2. The van der Waals surface area contributed by atoms with Crippen LogP contribution in [-0.2, 0) is 4.74 Å². The quantitative estimate of drug-likeness (QED) is 0.456. The van der Waals surface area contributed by atoms with Gasteiger partial charge in [-0.25, -0.2) is 0 Å². The van der Waals surface area contributed by atoms with Crippen LogP contribution in [0.2, 0.25) is 0 Å². The fraction of sp³-hybridized carbons (Fsp3) is 1.00. The Kier molecular flexibility index (Phi) is 1.34. The van der Waals surface area contributed by atoms with Crippen LogP contribution in [0.4, 0.5) is 0 Å². The van der Waals surface area contributed by atoms with Gasteiger partial charge in [-0.05, 0) is 12.8 Å². The second kappa shape index (κ2) is 1.96. The number of halogens is 1. The molecule has 0 aromatic heterocycles. The molecule has 1 nitrogen and oxygen atoms in total. The third-order valence-corrected chi connectivity index (χ3v) is 3.40. The van der Waals surface area contributed by atoms with Gasteiger partial charge in [0.15, 0.2) is 0 Å². The highest BCUT2D eigenvalue weighted by Gasteiger charge is 2.55. The van der Waals surface area contributed by atoms with Crippen molar-refractivity contribution in [2.45, 2.75) is 37.4 Å². The van der Waals surface area contributed by atoms with Gasteiger partial charge in [0.1, 0.15) is 5.60 Å². The molecule has 2 fully saturated rings. The van der Waals surface area contributed by atoms with Gasteiger partial charge in [-0.15, -0.1) is 0 Å². The fourth-order valence-corrected chi connectivity index (χ4v) is 2.50. The summed E-state index contributed by atoms with van der Waals surface area (Å²) in [5, 5.41) is 1.05. The van der Waals surface area contributed by atoms with Crippen LogP contribution in [0.1, 0.15) is 25.7 Å². The third kappa shape index (κ3) is 0.838. The van der Waals surface area contributed by atoms with Crippen molar-refractivity contribution in [3.05, 3.63) is 0 Å². The van der Waals surface area contributed by atoms with E-state index >= 15 is 0 Å². The minimum atomic E-state index is 0.304. The number of hydrogen-bond donors (Lipinski definition) is 0. The monoisotopic (exact) mass is 190 g/mol. The van der Waals surface area contributed by atoms with E-state index in [2.05, 4.69) is 15.9 Å². The van der Waals surface area contributed by atoms with Gasteiger partial charge in [0.25, 0.3) is 0 Å². The first-order chi connectivity index (χ1) is 4.37. The highest BCUT2D eigenvalue weighted by atomic mass is 79.9. The first-order valence-electron chi connectivity index (χ1n) is 3.61. The molecule has 2 rings (SSSR count). The summed E-state index contributed by atoms with van der Waals surface area (Å²) in [6, 6.07) is 0. The molecule has 2 unspecified atom stereocenters. The van der Waals surface area contributed by atoms with Crippen molar-refractivity contribution in [3.63, 3.8) is 0 Å². The van der Waals surface area contributed by atoms with E-state index < -0.39 is 0 Å². The lowest BCUT2D eigenvalue weighted by atomic mass is 9.91. The van der Waals surface area contributed by atoms with Gasteiger partial charge in [0.2, 0.25) is 0 Å². The van der Waals surface area contributed by atoms with Gasteiger partial charge in [0.05, 0.1) is 6.10 Å². The van der Waals surface area contributed by atoms with Crippen molar-refractivity contribution in [2.24, 2.45) is 0 Å². The van der Waals surface area contributed by atoms with Crippen LogP contribution in [0.3, 0.4) is 0 Å². The Morgan fingerprint density at radius 1 is 1.56 bits per heavy atom. The van der Waals surface area contributed by atoms with Gasteiger partial charge in [-0.2, -0.15) is 0 Å². The average Bonchev–Trinajstić information content (AvgIpc) is 2.62. The van der Waals surface area contributed by atoms with E-state index in [9.17, 15) is 0 Å². The van der Waals surface area contributed by atoms with E-state index in [1.807, 2.05) is 0 Å². The Hall–Kier alpha value is 0.440. The fourth-order valence-electron chi connectivity index (χ4n) is 1.73. The number of ether oxygens (including phenoxy) is 1. The van der Waals surface area contributed by atoms with Crippen molar-refractivity contribution in [1.29, 1.82) is 0 Å². The van der Waals surface area contributed by atoms with Crippen molar-refractivity contribution in [2.75, 3.05) is 5.33 Å². The number of rotatable bonds is 1. The molecule has 1 aliphatic heterocycles. The number of epoxide rings is 1. The number of alkyl halides is 1. The first-order valence-corrected chi connectivity index (χ1v) is 4.73. The molecule has 9 heavy (non-hydrogen) atoms. The van der Waals surface area contributed by atoms with Crippen molar-refractivity contribution in [1.82, 2.24) is 0 Å². The maximum absolute atomic E-state index is 5.57. The zero-order valence-electron chi connectivity index (χ0n) is 5.40. The lowest BCUT2D eigenvalue weighted by Crippen LogP contribution is -2.20. The van der Waals surface area contributed by atoms with E-state index in [1.54, 1.807) is 0 Å². The van der Waals surface area contributed by atoms with E-state index in [1.165, 1.54) is 25.7 Å². The summed E-state index contributed by atoms with van der Waals surface area (Å²) in [5.74, 6) is 0. The Balaban J connectivity index is 2.01. The van der Waals surface area contributed by atoms with E-state index in [0.717, 1.165) is 5.33 Å². The van der Waals surface area contributed by atoms with E-state index in [0.29, 0.717) is 11.7 Å². The molecule has 0 bridgehead atoms. The minimum Gasteiger partial charge on any atom is -0.365 e. The molecule has 1 heterocycles. The molecule has 0 amide bonds. The first kappa shape index (κ1) is 6.17. The zero-order valence-corrected chi connectivity index (χ0v) is 6.99. The lowest BCUT2D eigenvalue weighted by molar-refractivity contribution is 0.310. The summed E-state index contributed by atoms with van der Waals surface area (Å²) in [6.45, 7) is 0. The van der Waals surface area contributed by atoms with Gasteiger partial charge in [-0.3, -0.25) is 0 Å². The maximum Gasteiger partial charge on any atom is 0.104 e. The van der Waals surface area contributed by atoms with Crippen LogP contribution in [-0.4, -0.2) is 17.0 Å². The summed E-state index contributed by atoms with van der Waals surface area (Å²) >= 11 is 3.48. The highest BCUT2D eigenvalue weighted by Crippen LogP contribution is 2.48. The molecule has 0 N–H and O–H groups in total. The molecule has 2 aliphatic rings. The van der Waals surface area contributed by atoms with Crippen molar-refractivity contribution in [3.8, 4) is 0 Å². The molecular formula is C7H11BrO. The van der Waals surface area contributed by atoms with Gasteiger partial charge >= 0.3 is 0 Å². The topological polar surface area (TPSA) is 12.5 Å². The molecule has 1 saturated carbocycles. The lowest BCUT2D eigenvalue weighted by Gasteiger charge is -2.12. The van der Waals surface area contributed by atoms with Crippen LogP contribution in [0.15, 0.2) is 0 Å². The Morgan fingerprint density at radius 2 is 2.44 bits per heavy atom. The molecule has 1 aliphatic carbocycles. The summed E-state index contributed by atoms with van der Waals surface area (Å²) in [5.41, 5.74) is 0.304. The van der Waals surface area contributed by atoms with Crippen LogP contribution in [0.25, 0.3) is 0 Å². The number of fused-ring (bicyclic) bond motifs is 1. The zero-order chi connectivity index (χ0) is 6.32. The molecule has 0 aromatic rings. The summed E-state index contributed by atoms with van der Waals surface area (Å²) < 4.78 is 5.57. The Bertz CT molecular complexity index is 126. The van der Waals surface area contributed by atoms with E-state index in [4.69, 9.17) is 4.74 Å². The van der Waals surface area contributed by atoms with E-state index in [-0.39, 0.29) is 0 Å². The van der Waals surface area contributed by atoms with Gasteiger partial charge < -0.3 is 4.74 Å².